The summed E-state index contributed by atoms with van der Waals surface area (Å²) in [5.74, 6) is -0.178. The number of hydrogen-bond acceptors (Lipinski definition) is 5. The van der Waals surface area contributed by atoms with Crippen LogP contribution in [0, 0.1) is 20.8 Å². The average molecular weight is 580 g/mol. The van der Waals surface area contributed by atoms with Crippen LogP contribution in [0.25, 0.3) is 0 Å². The highest BCUT2D eigenvalue weighted by atomic mass is 32.2. The maximum Gasteiger partial charge on any atom is 0.264 e. The quantitative estimate of drug-likeness (QED) is 0.283. The number of carbonyl (C=O) groups is 2. The minimum atomic E-state index is -4.11. The Morgan fingerprint density at radius 2 is 1.66 bits per heavy atom. The second kappa shape index (κ2) is 14.2. The molecule has 0 aromatic heterocycles. The number of anilines is 1. The van der Waals surface area contributed by atoms with Gasteiger partial charge in [0.05, 0.1) is 17.7 Å². The monoisotopic (exact) mass is 579 g/mol. The highest BCUT2D eigenvalue weighted by molar-refractivity contribution is 7.92. The highest BCUT2D eigenvalue weighted by Gasteiger charge is 2.32. The van der Waals surface area contributed by atoms with Crippen molar-refractivity contribution in [3.63, 3.8) is 0 Å². The van der Waals surface area contributed by atoms with Crippen LogP contribution in [0.3, 0.4) is 0 Å². The SMILES string of the molecule is CCCCNC(=O)[C@@H](C)N(Cc1cccc(OC)c1)C(=O)CN(c1ccc(C)c(C)c1)S(=O)(=O)c1ccc(C)cc1. The highest BCUT2D eigenvalue weighted by Crippen LogP contribution is 2.27. The van der Waals surface area contributed by atoms with Crippen LogP contribution in [0.5, 0.6) is 5.75 Å². The van der Waals surface area contributed by atoms with Gasteiger partial charge in [-0.05, 0) is 87.2 Å². The van der Waals surface area contributed by atoms with E-state index < -0.39 is 28.5 Å². The van der Waals surface area contributed by atoms with Crippen molar-refractivity contribution in [1.29, 1.82) is 0 Å². The van der Waals surface area contributed by atoms with E-state index in [2.05, 4.69) is 5.32 Å². The maximum absolute atomic E-state index is 14.1. The van der Waals surface area contributed by atoms with E-state index in [-0.39, 0.29) is 17.3 Å². The molecule has 9 heteroatoms. The van der Waals surface area contributed by atoms with Gasteiger partial charge in [0, 0.05) is 13.1 Å². The van der Waals surface area contributed by atoms with Crippen LogP contribution < -0.4 is 14.4 Å². The van der Waals surface area contributed by atoms with Crippen molar-refractivity contribution >= 4 is 27.5 Å². The second-order valence-corrected chi connectivity index (χ2v) is 12.1. The molecule has 0 heterocycles. The zero-order valence-electron chi connectivity index (χ0n) is 24.8. The van der Waals surface area contributed by atoms with E-state index in [0.29, 0.717) is 18.0 Å². The third-order valence-corrected chi connectivity index (χ3v) is 8.94. The molecule has 0 saturated heterocycles. The van der Waals surface area contributed by atoms with Crippen molar-refractivity contribution in [2.45, 2.75) is 64.9 Å². The number of ether oxygens (including phenoxy) is 1. The summed E-state index contributed by atoms with van der Waals surface area (Å²) in [4.78, 5) is 28.7. The Balaban J connectivity index is 2.03. The van der Waals surface area contributed by atoms with Crippen LogP contribution in [0.1, 0.15) is 48.9 Å². The minimum absolute atomic E-state index is 0.0823. The molecule has 1 atom stereocenters. The Morgan fingerprint density at radius 3 is 2.29 bits per heavy atom. The van der Waals surface area contributed by atoms with Gasteiger partial charge in [0.25, 0.3) is 10.0 Å². The Hall–Kier alpha value is -3.85. The minimum Gasteiger partial charge on any atom is -0.497 e. The van der Waals surface area contributed by atoms with Gasteiger partial charge >= 0.3 is 0 Å². The van der Waals surface area contributed by atoms with Crippen LogP contribution in [0.2, 0.25) is 0 Å². The van der Waals surface area contributed by atoms with E-state index in [0.717, 1.165) is 39.4 Å². The molecular weight excluding hydrogens is 538 g/mol. The largest absolute Gasteiger partial charge is 0.497 e. The van der Waals surface area contributed by atoms with E-state index in [1.165, 1.54) is 4.90 Å². The van der Waals surface area contributed by atoms with Gasteiger partial charge in [0.15, 0.2) is 0 Å². The number of nitrogens with one attached hydrogen (secondary N) is 1. The zero-order chi connectivity index (χ0) is 30.2. The standard InChI is InChI=1S/C32H41N3O5S/c1-7-8-18-33-32(37)26(5)34(21-27-10-9-11-29(20-27)40-6)31(36)22-35(28-15-14-24(3)25(4)19-28)41(38,39)30-16-12-23(2)13-17-30/h9-17,19-20,26H,7-8,18,21-22H2,1-6H3,(H,33,37)/t26-/m1/s1. The molecule has 0 bridgehead atoms. The Kier molecular flexibility index (Phi) is 10.9. The van der Waals surface area contributed by atoms with Crippen LogP contribution in [-0.4, -0.2) is 51.4 Å². The fraction of sp³-hybridized carbons (Fsp3) is 0.375. The van der Waals surface area contributed by atoms with E-state index in [1.807, 2.05) is 45.9 Å². The van der Waals surface area contributed by atoms with Gasteiger partial charge in [0.1, 0.15) is 18.3 Å². The van der Waals surface area contributed by atoms with Crippen LogP contribution in [0.4, 0.5) is 5.69 Å². The lowest BCUT2D eigenvalue weighted by molar-refractivity contribution is -0.139. The van der Waals surface area contributed by atoms with E-state index >= 15 is 0 Å². The molecule has 3 aromatic carbocycles. The van der Waals surface area contributed by atoms with E-state index in [9.17, 15) is 18.0 Å². The molecule has 0 unspecified atom stereocenters. The molecule has 3 aromatic rings. The molecule has 0 saturated carbocycles. The number of amides is 2. The third-order valence-electron chi connectivity index (χ3n) is 7.15. The first-order valence-electron chi connectivity index (χ1n) is 13.8. The molecule has 8 nitrogen and oxygen atoms in total. The molecular formula is C32H41N3O5S. The average Bonchev–Trinajstić information content (AvgIpc) is 2.96. The van der Waals surface area contributed by atoms with Crippen molar-refractivity contribution in [2.75, 3.05) is 24.5 Å². The van der Waals surface area contributed by atoms with Gasteiger partial charge in [-0.2, -0.15) is 0 Å². The first kappa shape index (κ1) is 31.7. The van der Waals surface area contributed by atoms with Gasteiger partial charge in [-0.1, -0.05) is 49.2 Å². The van der Waals surface area contributed by atoms with Crippen LogP contribution >= 0.6 is 0 Å². The number of methoxy groups -OCH3 is 1. The predicted octanol–water partition coefficient (Wildman–Crippen LogP) is 5.15. The lowest BCUT2D eigenvalue weighted by atomic mass is 10.1. The number of unbranched alkanes of at least 4 members (excludes halogenated alkanes) is 1. The summed E-state index contributed by atoms with van der Waals surface area (Å²) in [7, 11) is -2.55. The molecule has 0 aliphatic heterocycles. The molecule has 0 spiro atoms. The molecule has 0 aliphatic rings. The first-order valence-corrected chi connectivity index (χ1v) is 15.3. The number of rotatable bonds is 13. The van der Waals surface area contributed by atoms with Crippen molar-refractivity contribution in [1.82, 2.24) is 10.2 Å². The topological polar surface area (TPSA) is 96.0 Å². The number of hydrogen-bond donors (Lipinski definition) is 1. The Labute approximate surface area is 244 Å². The summed E-state index contributed by atoms with van der Waals surface area (Å²) < 4.78 is 34.4. The van der Waals surface area contributed by atoms with Gasteiger partial charge in [-0.3, -0.25) is 13.9 Å². The summed E-state index contributed by atoms with van der Waals surface area (Å²) >= 11 is 0. The van der Waals surface area contributed by atoms with Gasteiger partial charge in [-0.25, -0.2) is 8.42 Å². The molecule has 41 heavy (non-hydrogen) atoms. The summed E-state index contributed by atoms with van der Waals surface area (Å²) in [6.45, 7) is 9.53. The smallest absolute Gasteiger partial charge is 0.264 e. The summed E-state index contributed by atoms with van der Waals surface area (Å²) in [5.41, 5.74) is 3.96. The van der Waals surface area contributed by atoms with Gasteiger partial charge in [0.2, 0.25) is 11.8 Å². The van der Waals surface area contributed by atoms with Crippen LogP contribution in [-0.2, 0) is 26.2 Å². The third kappa shape index (κ3) is 8.10. The number of aryl methyl sites for hydroxylation is 3. The summed E-state index contributed by atoms with van der Waals surface area (Å²) in [6.07, 6.45) is 1.74. The molecule has 0 fully saturated rings. The van der Waals surface area contributed by atoms with Gasteiger partial charge < -0.3 is 15.0 Å². The van der Waals surface area contributed by atoms with Crippen molar-refractivity contribution in [2.24, 2.45) is 0 Å². The molecule has 1 N–H and O–H groups in total. The van der Waals surface area contributed by atoms with E-state index in [4.69, 9.17) is 4.74 Å². The molecule has 2 amide bonds. The second-order valence-electron chi connectivity index (χ2n) is 10.3. The molecule has 3 rings (SSSR count). The normalized spacial score (nSPS) is 12.0. The summed E-state index contributed by atoms with van der Waals surface area (Å²) in [5, 5.41) is 2.90. The zero-order valence-corrected chi connectivity index (χ0v) is 25.6. The fourth-order valence-electron chi connectivity index (χ4n) is 4.33. The Bertz CT molecular complexity index is 1450. The molecule has 0 radical (unpaired) electrons. The number of benzene rings is 3. The number of carbonyl (C=O) groups excluding carboxylic acids is 2. The molecule has 0 aliphatic carbocycles. The fourth-order valence-corrected chi connectivity index (χ4v) is 5.74. The predicted molar refractivity (Wildman–Crippen MR) is 163 cm³/mol. The lowest BCUT2D eigenvalue weighted by Gasteiger charge is -2.32. The maximum atomic E-state index is 14.1. The van der Waals surface area contributed by atoms with Gasteiger partial charge in [-0.15, -0.1) is 0 Å². The van der Waals surface area contributed by atoms with Crippen molar-refractivity contribution in [3.8, 4) is 5.75 Å². The van der Waals surface area contributed by atoms with Crippen LogP contribution in [0.15, 0.2) is 71.6 Å². The number of sulfonamides is 1. The lowest BCUT2D eigenvalue weighted by Crippen LogP contribution is -2.51. The van der Waals surface area contributed by atoms with Crippen molar-refractivity contribution < 1.29 is 22.7 Å². The van der Waals surface area contributed by atoms with Crippen molar-refractivity contribution in [3.05, 3.63) is 89.0 Å². The first-order chi connectivity index (χ1) is 19.5. The molecule has 220 valence electrons. The number of nitrogens with zero attached hydrogens (tertiary/aromatic N) is 2. The summed E-state index contributed by atoms with van der Waals surface area (Å²) in [6, 6.07) is 18.3. The Morgan fingerprint density at radius 1 is 0.951 bits per heavy atom. The van der Waals surface area contributed by atoms with E-state index in [1.54, 1.807) is 62.6 Å².